The molecule has 0 amide bonds. The lowest BCUT2D eigenvalue weighted by Gasteiger charge is -2.07. The van der Waals surface area contributed by atoms with Gasteiger partial charge in [-0.2, -0.15) is 5.26 Å². The lowest BCUT2D eigenvalue weighted by molar-refractivity contribution is 0.146. The number of alkyl halides is 2. The van der Waals surface area contributed by atoms with Gasteiger partial charge in [-0.05, 0) is 22.6 Å². The summed E-state index contributed by atoms with van der Waals surface area (Å²) in [6.45, 7) is 0. The van der Waals surface area contributed by atoms with E-state index < -0.39 is 31.6 Å². The van der Waals surface area contributed by atoms with Gasteiger partial charge in [0.15, 0.2) is 5.03 Å². The lowest BCUT2D eigenvalue weighted by Crippen LogP contribution is -2.06. The zero-order valence-electron chi connectivity index (χ0n) is 7.29. The molecule has 0 bridgehead atoms. The van der Waals surface area contributed by atoms with Gasteiger partial charge < -0.3 is 0 Å². The molecule has 1 aromatic heterocycles. The molecule has 0 spiro atoms. The van der Waals surface area contributed by atoms with E-state index in [0.717, 1.165) is 6.20 Å². The van der Waals surface area contributed by atoms with Crippen LogP contribution in [0.25, 0.3) is 0 Å². The van der Waals surface area contributed by atoms with Crippen LogP contribution in [-0.2, 0) is 9.05 Å². The minimum Gasteiger partial charge on any atom is -0.242 e. The van der Waals surface area contributed by atoms with Gasteiger partial charge in [0, 0.05) is 20.4 Å². The van der Waals surface area contributed by atoms with Gasteiger partial charge in [-0.3, -0.25) is 0 Å². The molecular weight excluding hydrogens is 377 g/mol. The Hall–Kier alpha value is -0.530. The number of rotatable bonds is 2. The summed E-state index contributed by atoms with van der Waals surface area (Å²) < 4.78 is 47.5. The summed E-state index contributed by atoms with van der Waals surface area (Å²) in [5.74, 6) is 0. The summed E-state index contributed by atoms with van der Waals surface area (Å²) in [7, 11) is 0.552. The van der Waals surface area contributed by atoms with Crippen molar-refractivity contribution in [1.82, 2.24) is 4.98 Å². The summed E-state index contributed by atoms with van der Waals surface area (Å²) in [4.78, 5) is 3.32. The molecule has 0 aliphatic rings. The van der Waals surface area contributed by atoms with Crippen LogP contribution in [0.3, 0.4) is 0 Å². The Kier molecular flexibility index (Phi) is 4.03. The standard InChI is InChI=1S/C7H2ClF2IN2O2S/c8-16(14,15)7-5(6(9)10)3(1-12)4(11)2-13-7/h2,6H. The maximum Gasteiger partial charge on any atom is 0.279 e. The number of hydrogen-bond acceptors (Lipinski definition) is 4. The Labute approximate surface area is 108 Å². The van der Waals surface area contributed by atoms with Gasteiger partial charge in [-0.25, -0.2) is 22.2 Å². The maximum absolute atomic E-state index is 12.7. The van der Waals surface area contributed by atoms with Crippen LogP contribution < -0.4 is 0 Å². The van der Waals surface area contributed by atoms with Crippen molar-refractivity contribution < 1.29 is 17.2 Å². The number of nitrogens with zero attached hydrogens (tertiary/aromatic N) is 2. The van der Waals surface area contributed by atoms with Crippen molar-refractivity contribution in [3.8, 4) is 6.07 Å². The Morgan fingerprint density at radius 1 is 1.56 bits per heavy atom. The highest BCUT2D eigenvalue weighted by Gasteiger charge is 2.28. The SMILES string of the molecule is N#Cc1c(I)cnc(S(=O)(=O)Cl)c1C(F)F. The number of halogens is 4. The number of nitriles is 1. The van der Waals surface area contributed by atoms with E-state index >= 15 is 0 Å². The third-order valence-corrected chi connectivity index (χ3v) is 3.64. The predicted octanol–water partition coefficient (Wildman–Crippen LogP) is 2.42. The van der Waals surface area contributed by atoms with Crippen LogP contribution in [0, 0.1) is 14.9 Å². The van der Waals surface area contributed by atoms with Crippen LogP contribution in [0.1, 0.15) is 17.6 Å². The van der Waals surface area contributed by atoms with Gasteiger partial charge >= 0.3 is 0 Å². The molecule has 0 atom stereocenters. The first-order valence-corrected chi connectivity index (χ1v) is 6.99. The highest BCUT2D eigenvalue weighted by molar-refractivity contribution is 14.1. The molecular formula is C7H2ClF2IN2O2S. The van der Waals surface area contributed by atoms with E-state index in [1.807, 2.05) is 0 Å². The van der Waals surface area contributed by atoms with Crippen molar-refractivity contribution in [3.63, 3.8) is 0 Å². The molecule has 86 valence electrons. The molecule has 1 heterocycles. The quantitative estimate of drug-likeness (QED) is 0.585. The largest absolute Gasteiger partial charge is 0.279 e. The molecule has 1 rings (SSSR count). The molecule has 0 radical (unpaired) electrons. The molecule has 4 nitrogen and oxygen atoms in total. The van der Waals surface area contributed by atoms with Crippen LogP contribution in [0.5, 0.6) is 0 Å². The maximum atomic E-state index is 12.7. The lowest BCUT2D eigenvalue weighted by atomic mass is 10.2. The molecule has 0 N–H and O–H groups in total. The third kappa shape index (κ3) is 2.58. The van der Waals surface area contributed by atoms with Crippen molar-refractivity contribution >= 4 is 42.3 Å². The first kappa shape index (κ1) is 13.5. The molecule has 1 aromatic rings. The van der Waals surface area contributed by atoms with Crippen molar-refractivity contribution in [2.75, 3.05) is 0 Å². The van der Waals surface area contributed by atoms with E-state index in [0.29, 0.717) is 0 Å². The van der Waals surface area contributed by atoms with Crippen LogP contribution in [0.4, 0.5) is 8.78 Å². The predicted molar refractivity (Wildman–Crippen MR) is 59.7 cm³/mol. The highest BCUT2D eigenvalue weighted by atomic mass is 127. The van der Waals surface area contributed by atoms with Crippen LogP contribution in [-0.4, -0.2) is 13.4 Å². The monoisotopic (exact) mass is 378 g/mol. The summed E-state index contributed by atoms with van der Waals surface area (Å²) in [5, 5.41) is 7.71. The van der Waals surface area contributed by atoms with E-state index in [2.05, 4.69) is 4.98 Å². The van der Waals surface area contributed by atoms with Crippen LogP contribution in [0.2, 0.25) is 0 Å². The Bertz CT molecular complexity index is 570. The Morgan fingerprint density at radius 3 is 2.50 bits per heavy atom. The van der Waals surface area contributed by atoms with Crippen molar-refractivity contribution in [1.29, 1.82) is 5.26 Å². The summed E-state index contributed by atoms with van der Waals surface area (Å²) in [6.07, 6.45) is -2.14. The van der Waals surface area contributed by atoms with Crippen LogP contribution in [0.15, 0.2) is 11.2 Å². The minimum absolute atomic E-state index is 0.138. The van der Waals surface area contributed by atoms with Gasteiger partial charge in [0.2, 0.25) is 0 Å². The van der Waals surface area contributed by atoms with E-state index in [1.54, 1.807) is 22.6 Å². The zero-order valence-corrected chi connectivity index (χ0v) is 11.0. The number of aromatic nitrogens is 1. The smallest absolute Gasteiger partial charge is 0.242 e. The molecule has 0 aromatic carbocycles. The summed E-state index contributed by atoms with van der Waals surface area (Å²) >= 11 is 1.61. The number of pyridine rings is 1. The third-order valence-electron chi connectivity index (χ3n) is 1.59. The molecule has 0 aliphatic carbocycles. The average Bonchev–Trinajstić information content (AvgIpc) is 2.14. The Balaban J connectivity index is 3.74. The summed E-state index contributed by atoms with van der Waals surface area (Å²) in [6, 6.07) is 1.51. The first-order valence-electron chi connectivity index (χ1n) is 3.60. The first-order chi connectivity index (χ1) is 7.29. The molecule has 0 aliphatic heterocycles. The van der Waals surface area contributed by atoms with Gasteiger partial charge in [0.05, 0.1) is 11.1 Å². The normalized spacial score (nSPS) is 11.5. The highest BCUT2D eigenvalue weighted by Crippen LogP contribution is 2.31. The zero-order chi connectivity index (χ0) is 12.5. The average molecular weight is 379 g/mol. The fourth-order valence-electron chi connectivity index (χ4n) is 0.995. The van der Waals surface area contributed by atoms with E-state index in [-0.39, 0.29) is 3.57 Å². The van der Waals surface area contributed by atoms with E-state index in [1.165, 1.54) is 6.07 Å². The molecule has 16 heavy (non-hydrogen) atoms. The van der Waals surface area contributed by atoms with Gasteiger partial charge in [-0.1, -0.05) is 0 Å². The Morgan fingerprint density at radius 2 is 2.12 bits per heavy atom. The molecule has 0 unspecified atom stereocenters. The minimum atomic E-state index is -4.40. The van der Waals surface area contributed by atoms with Gasteiger partial charge in [0.25, 0.3) is 15.5 Å². The second-order valence-electron chi connectivity index (χ2n) is 2.55. The van der Waals surface area contributed by atoms with Gasteiger partial charge in [-0.15, -0.1) is 0 Å². The second-order valence-corrected chi connectivity index (χ2v) is 6.19. The van der Waals surface area contributed by atoms with Crippen molar-refractivity contribution in [3.05, 3.63) is 20.9 Å². The molecule has 0 saturated carbocycles. The number of hydrogen-bond donors (Lipinski definition) is 0. The molecule has 0 saturated heterocycles. The van der Waals surface area contributed by atoms with Gasteiger partial charge in [0.1, 0.15) is 6.07 Å². The summed E-state index contributed by atoms with van der Waals surface area (Å²) in [5.41, 5.74) is -1.38. The van der Waals surface area contributed by atoms with Crippen molar-refractivity contribution in [2.24, 2.45) is 0 Å². The fourth-order valence-corrected chi connectivity index (χ4v) is 2.55. The van der Waals surface area contributed by atoms with Crippen LogP contribution >= 0.6 is 33.3 Å². The second kappa shape index (κ2) is 4.77. The molecule has 0 fully saturated rings. The van der Waals surface area contributed by atoms with Crippen molar-refractivity contribution in [2.45, 2.75) is 11.5 Å². The van der Waals surface area contributed by atoms with E-state index in [4.69, 9.17) is 15.9 Å². The topological polar surface area (TPSA) is 70.8 Å². The van der Waals surface area contributed by atoms with E-state index in [9.17, 15) is 17.2 Å². The fraction of sp³-hybridized carbons (Fsp3) is 0.143. The molecule has 9 heteroatoms.